The molecule has 0 radical (unpaired) electrons. The van der Waals surface area contributed by atoms with E-state index in [0.717, 1.165) is 40.3 Å². The fourth-order valence-corrected chi connectivity index (χ4v) is 2.54. The summed E-state index contributed by atoms with van der Waals surface area (Å²) in [4.78, 5) is 13.9. The van der Waals surface area contributed by atoms with Gasteiger partial charge in [0.2, 0.25) is 0 Å². The average Bonchev–Trinajstić information content (AvgIpc) is 2.98. The van der Waals surface area contributed by atoms with Crippen molar-refractivity contribution >= 4 is 29.8 Å². The molecular weight excluding hydrogens is 345 g/mol. The van der Waals surface area contributed by atoms with E-state index in [1.807, 2.05) is 42.1 Å². The van der Waals surface area contributed by atoms with Crippen LogP contribution in [0.2, 0.25) is 5.02 Å². The van der Waals surface area contributed by atoms with Crippen molar-refractivity contribution in [2.75, 3.05) is 11.9 Å². The Morgan fingerprint density at radius 1 is 1.17 bits per heavy atom. The number of halogens is 2. The molecule has 7 heteroatoms. The predicted octanol–water partition coefficient (Wildman–Crippen LogP) is 4.46. The maximum atomic E-state index is 5.95. The van der Waals surface area contributed by atoms with Gasteiger partial charge >= 0.3 is 0 Å². The molecule has 0 aliphatic carbocycles. The number of imidazole rings is 1. The van der Waals surface area contributed by atoms with Crippen LogP contribution in [0.3, 0.4) is 0 Å². The molecule has 0 unspecified atom stereocenters. The fourth-order valence-electron chi connectivity index (χ4n) is 2.41. The summed E-state index contributed by atoms with van der Waals surface area (Å²) in [5.41, 5.74) is 1.97. The van der Waals surface area contributed by atoms with E-state index in [4.69, 9.17) is 16.6 Å². The SMILES string of the molecule is CCNc1ncn(Cc2ccc(Cl)cc2)c2nc(C(C)C)nc1-2.Cl. The normalized spacial score (nSPS) is 10.9. The van der Waals surface area contributed by atoms with Crippen LogP contribution in [0.1, 0.15) is 38.1 Å². The number of anilines is 1. The Bertz CT molecular complexity index is 767. The zero-order chi connectivity index (χ0) is 16.4. The lowest BCUT2D eigenvalue weighted by Gasteiger charge is -2.13. The quantitative estimate of drug-likeness (QED) is 0.725. The smallest absolute Gasteiger partial charge is 0.166 e. The lowest BCUT2D eigenvalue weighted by Crippen LogP contribution is -2.10. The lowest BCUT2D eigenvalue weighted by atomic mass is 10.2. The molecule has 0 amide bonds. The Hall–Kier alpha value is -1.85. The summed E-state index contributed by atoms with van der Waals surface area (Å²) in [6, 6.07) is 7.81. The number of fused-ring (bicyclic) bond motifs is 1. The van der Waals surface area contributed by atoms with Crippen molar-refractivity contribution in [1.29, 1.82) is 0 Å². The van der Waals surface area contributed by atoms with Crippen LogP contribution in [0.5, 0.6) is 0 Å². The molecule has 0 fully saturated rings. The predicted molar refractivity (Wildman–Crippen MR) is 100 cm³/mol. The summed E-state index contributed by atoms with van der Waals surface area (Å²) < 4.78 is 2.03. The van der Waals surface area contributed by atoms with E-state index in [1.165, 1.54) is 0 Å². The molecule has 0 spiro atoms. The van der Waals surface area contributed by atoms with Gasteiger partial charge < -0.3 is 9.88 Å². The molecule has 0 saturated heterocycles. The molecule has 0 atom stereocenters. The standard InChI is InChI=1S/C17H20ClN5.ClH/c1-4-19-16-14-17(22-15(21-14)11(2)3)23(10-20-16)9-12-5-7-13(18)8-6-12;/h5-8,10-11,19H,4,9H2,1-3H3;1H. The van der Waals surface area contributed by atoms with E-state index in [-0.39, 0.29) is 18.3 Å². The van der Waals surface area contributed by atoms with Gasteiger partial charge in [-0.25, -0.2) is 15.0 Å². The Kier molecular flexibility index (Phi) is 6.02. The molecule has 0 bridgehead atoms. The van der Waals surface area contributed by atoms with Gasteiger partial charge in [-0.1, -0.05) is 37.6 Å². The second kappa shape index (κ2) is 7.81. The first-order chi connectivity index (χ1) is 11.1. The summed E-state index contributed by atoms with van der Waals surface area (Å²) >= 11 is 5.95. The van der Waals surface area contributed by atoms with E-state index in [9.17, 15) is 0 Å². The Morgan fingerprint density at radius 3 is 2.50 bits per heavy atom. The number of nitrogens with zero attached hydrogens (tertiary/aromatic N) is 4. The molecule has 1 N–H and O–H groups in total. The average molecular weight is 366 g/mol. The Balaban J connectivity index is 0.00000208. The van der Waals surface area contributed by atoms with Crippen molar-refractivity contribution in [3.63, 3.8) is 0 Å². The highest BCUT2D eigenvalue weighted by molar-refractivity contribution is 6.30. The summed E-state index contributed by atoms with van der Waals surface area (Å²) in [6.07, 6.45) is 1.81. The third-order valence-electron chi connectivity index (χ3n) is 3.61. The highest BCUT2D eigenvalue weighted by Crippen LogP contribution is 2.28. The van der Waals surface area contributed by atoms with Crippen molar-refractivity contribution in [3.05, 3.63) is 47.0 Å². The first-order valence-corrected chi connectivity index (χ1v) is 8.17. The van der Waals surface area contributed by atoms with Gasteiger partial charge in [-0.2, -0.15) is 0 Å². The molecular formula is C17H21Cl2N5. The lowest BCUT2D eigenvalue weighted by molar-refractivity contribution is 0.751. The van der Waals surface area contributed by atoms with Gasteiger partial charge in [0.05, 0.1) is 12.9 Å². The molecule has 2 aliphatic heterocycles. The van der Waals surface area contributed by atoms with E-state index < -0.39 is 0 Å². The van der Waals surface area contributed by atoms with Crippen molar-refractivity contribution in [2.24, 2.45) is 0 Å². The van der Waals surface area contributed by atoms with Gasteiger partial charge in [-0.3, -0.25) is 0 Å². The zero-order valence-electron chi connectivity index (χ0n) is 14.0. The molecule has 2 aliphatic rings. The number of hydrogen-bond acceptors (Lipinski definition) is 4. The minimum atomic E-state index is 0. The first-order valence-electron chi connectivity index (χ1n) is 7.79. The number of nitrogens with one attached hydrogen (secondary N) is 1. The molecule has 0 aromatic heterocycles. The molecule has 2 heterocycles. The second-order valence-corrected chi connectivity index (χ2v) is 6.22. The van der Waals surface area contributed by atoms with Crippen LogP contribution in [-0.2, 0) is 6.54 Å². The summed E-state index contributed by atoms with van der Waals surface area (Å²) in [5.74, 6) is 2.77. The number of hydrogen-bond donors (Lipinski definition) is 1. The van der Waals surface area contributed by atoms with Crippen molar-refractivity contribution in [3.8, 4) is 11.5 Å². The second-order valence-electron chi connectivity index (χ2n) is 5.79. The van der Waals surface area contributed by atoms with Crippen molar-refractivity contribution in [2.45, 2.75) is 33.2 Å². The highest BCUT2D eigenvalue weighted by atomic mass is 35.5. The van der Waals surface area contributed by atoms with Crippen molar-refractivity contribution < 1.29 is 0 Å². The highest BCUT2D eigenvalue weighted by Gasteiger charge is 2.21. The van der Waals surface area contributed by atoms with Crippen LogP contribution >= 0.6 is 24.0 Å². The molecule has 5 nitrogen and oxygen atoms in total. The topological polar surface area (TPSA) is 55.6 Å². The van der Waals surface area contributed by atoms with Gasteiger partial charge in [-0.05, 0) is 24.6 Å². The maximum Gasteiger partial charge on any atom is 0.166 e. The number of rotatable bonds is 5. The fraction of sp³-hybridized carbons (Fsp3) is 0.353. The molecule has 1 aromatic carbocycles. The summed E-state index contributed by atoms with van der Waals surface area (Å²) in [6.45, 7) is 7.72. The third-order valence-corrected chi connectivity index (χ3v) is 3.86. The molecule has 128 valence electrons. The van der Waals surface area contributed by atoms with Gasteiger partial charge in [0.25, 0.3) is 0 Å². The zero-order valence-corrected chi connectivity index (χ0v) is 15.5. The van der Waals surface area contributed by atoms with Crippen molar-refractivity contribution in [1.82, 2.24) is 19.5 Å². The van der Waals surface area contributed by atoms with Crippen LogP contribution in [0.15, 0.2) is 30.6 Å². The van der Waals surface area contributed by atoms with Crippen LogP contribution in [-0.4, -0.2) is 26.1 Å². The van der Waals surface area contributed by atoms with Gasteiger partial charge in [-0.15, -0.1) is 12.4 Å². The van der Waals surface area contributed by atoms with E-state index in [1.54, 1.807) is 0 Å². The molecule has 0 saturated carbocycles. The molecule has 3 rings (SSSR count). The van der Waals surface area contributed by atoms with Crippen LogP contribution in [0.4, 0.5) is 5.82 Å². The molecule has 24 heavy (non-hydrogen) atoms. The van der Waals surface area contributed by atoms with E-state index in [2.05, 4.69) is 29.1 Å². The largest absolute Gasteiger partial charge is 0.368 e. The van der Waals surface area contributed by atoms with Gasteiger partial charge in [0, 0.05) is 17.5 Å². The third kappa shape index (κ3) is 3.79. The van der Waals surface area contributed by atoms with E-state index in [0.29, 0.717) is 6.54 Å². The van der Waals surface area contributed by atoms with E-state index >= 15 is 0 Å². The van der Waals surface area contributed by atoms with Gasteiger partial charge in [0.1, 0.15) is 5.82 Å². The number of benzene rings is 1. The number of aromatic nitrogens is 4. The van der Waals surface area contributed by atoms with Gasteiger partial charge in [0.15, 0.2) is 17.3 Å². The van der Waals surface area contributed by atoms with Crippen LogP contribution < -0.4 is 5.32 Å². The monoisotopic (exact) mass is 365 g/mol. The minimum absolute atomic E-state index is 0. The van der Waals surface area contributed by atoms with Crippen LogP contribution in [0.25, 0.3) is 11.5 Å². The first kappa shape index (κ1) is 18.5. The van der Waals surface area contributed by atoms with Crippen LogP contribution in [0, 0.1) is 0 Å². The minimum Gasteiger partial charge on any atom is -0.368 e. The Morgan fingerprint density at radius 2 is 1.88 bits per heavy atom. The Labute approximate surface area is 153 Å². The summed E-state index contributed by atoms with van der Waals surface area (Å²) in [5, 5.41) is 3.99. The molecule has 1 aromatic rings. The maximum absolute atomic E-state index is 5.95. The summed E-state index contributed by atoms with van der Waals surface area (Å²) in [7, 11) is 0.